The summed E-state index contributed by atoms with van der Waals surface area (Å²) in [7, 11) is 0. The van der Waals surface area contributed by atoms with E-state index in [4.69, 9.17) is 9.47 Å². The first kappa shape index (κ1) is 17.1. The van der Waals surface area contributed by atoms with Crippen molar-refractivity contribution in [1.29, 1.82) is 0 Å². The second kappa shape index (κ2) is 7.90. The SMILES string of the molecule is CC1CN(C(=O)CN2CCC(COc3cnccn3)C2)CC(C)O1. The zero-order chi connectivity index (χ0) is 16.9. The Bertz CT molecular complexity index is 532. The summed E-state index contributed by atoms with van der Waals surface area (Å²) in [6.07, 6.45) is 6.15. The Kier molecular flexibility index (Phi) is 5.63. The number of amides is 1. The van der Waals surface area contributed by atoms with Crippen LogP contribution in [0.4, 0.5) is 0 Å². The van der Waals surface area contributed by atoms with E-state index in [0.29, 0.717) is 38.0 Å². The maximum absolute atomic E-state index is 12.5. The average molecular weight is 334 g/mol. The predicted octanol–water partition coefficient (Wildman–Crippen LogP) is 0.813. The van der Waals surface area contributed by atoms with Crippen molar-refractivity contribution in [3.8, 4) is 5.88 Å². The molecule has 24 heavy (non-hydrogen) atoms. The molecule has 0 bridgehead atoms. The lowest BCUT2D eigenvalue weighted by molar-refractivity contribution is -0.144. The van der Waals surface area contributed by atoms with Gasteiger partial charge in [-0.25, -0.2) is 4.98 Å². The Morgan fingerprint density at radius 3 is 2.79 bits per heavy atom. The molecule has 1 aromatic rings. The molecule has 132 valence electrons. The predicted molar refractivity (Wildman–Crippen MR) is 88.7 cm³/mol. The maximum Gasteiger partial charge on any atom is 0.236 e. The van der Waals surface area contributed by atoms with Crippen LogP contribution in [0.25, 0.3) is 0 Å². The van der Waals surface area contributed by atoms with Crippen LogP contribution < -0.4 is 4.74 Å². The van der Waals surface area contributed by atoms with Crippen LogP contribution in [0.15, 0.2) is 18.6 Å². The van der Waals surface area contributed by atoms with E-state index in [1.807, 2.05) is 18.7 Å². The number of nitrogens with zero attached hydrogens (tertiary/aromatic N) is 4. The topological polar surface area (TPSA) is 67.8 Å². The van der Waals surface area contributed by atoms with Gasteiger partial charge in [-0.1, -0.05) is 0 Å². The normalized spacial score (nSPS) is 28.1. The van der Waals surface area contributed by atoms with E-state index in [9.17, 15) is 4.79 Å². The number of morpholine rings is 1. The number of hydrogen-bond donors (Lipinski definition) is 0. The van der Waals surface area contributed by atoms with Gasteiger partial charge in [0, 0.05) is 37.9 Å². The van der Waals surface area contributed by atoms with Crippen LogP contribution in [-0.4, -0.2) is 77.2 Å². The van der Waals surface area contributed by atoms with Gasteiger partial charge in [0.2, 0.25) is 11.8 Å². The molecule has 7 nitrogen and oxygen atoms in total. The maximum atomic E-state index is 12.5. The first-order valence-corrected chi connectivity index (χ1v) is 8.64. The van der Waals surface area contributed by atoms with Gasteiger partial charge in [0.1, 0.15) is 0 Å². The van der Waals surface area contributed by atoms with Crippen molar-refractivity contribution < 1.29 is 14.3 Å². The summed E-state index contributed by atoms with van der Waals surface area (Å²) in [5, 5.41) is 0. The quantitative estimate of drug-likeness (QED) is 0.794. The Morgan fingerprint density at radius 2 is 2.08 bits per heavy atom. The van der Waals surface area contributed by atoms with Gasteiger partial charge in [-0.15, -0.1) is 0 Å². The van der Waals surface area contributed by atoms with Gasteiger partial charge in [0.15, 0.2) is 0 Å². The lowest BCUT2D eigenvalue weighted by atomic mass is 10.1. The first-order chi connectivity index (χ1) is 11.6. The summed E-state index contributed by atoms with van der Waals surface area (Å²) in [5.41, 5.74) is 0. The number of aromatic nitrogens is 2. The fourth-order valence-corrected chi connectivity index (χ4v) is 3.43. The average Bonchev–Trinajstić information content (AvgIpc) is 3.00. The minimum atomic E-state index is 0.115. The van der Waals surface area contributed by atoms with Gasteiger partial charge in [0.25, 0.3) is 0 Å². The molecule has 7 heteroatoms. The molecule has 0 spiro atoms. The van der Waals surface area contributed by atoms with Crippen LogP contribution in [-0.2, 0) is 9.53 Å². The Labute approximate surface area is 143 Å². The third kappa shape index (κ3) is 4.64. The van der Waals surface area contributed by atoms with E-state index < -0.39 is 0 Å². The summed E-state index contributed by atoms with van der Waals surface area (Å²) in [6, 6.07) is 0. The van der Waals surface area contributed by atoms with Gasteiger partial charge in [0.05, 0.1) is 31.6 Å². The van der Waals surface area contributed by atoms with Crippen LogP contribution in [0.2, 0.25) is 0 Å². The molecule has 3 heterocycles. The summed E-state index contributed by atoms with van der Waals surface area (Å²) >= 11 is 0. The molecule has 3 rings (SSSR count). The summed E-state index contributed by atoms with van der Waals surface area (Å²) in [5.74, 6) is 1.19. The number of carbonyl (C=O) groups excluding carboxylic acids is 1. The number of rotatable bonds is 5. The molecule has 0 aliphatic carbocycles. The number of hydrogen-bond acceptors (Lipinski definition) is 6. The van der Waals surface area contributed by atoms with E-state index in [1.165, 1.54) is 0 Å². The zero-order valence-corrected chi connectivity index (χ0v) is 14.4. The molecule has 3 unspecified atom stereocenters. The molecule has 2 aliphatic rings. The fraction of sp³-hybridized carbons (Fsp3) is 0.706. The molecular weight excluding hydrogens is 308 g/mol. The fourth-order valence-electron chi connectivity index (χ4n) is 3.43. The second-order valence-electron chi connectivity index (χ2n) is 6.80. The standard InChI is InChI=1S/C17H26N4O3/c1-13-8-21(9-14(2)24-13)17(22)11-20-6-3-15(10-20)12-23-16-7-18-4-5-19-16/h4-5,7,13-15H,3,6,8-12H2,1-2H3. The molecule has 3 atom stereocenters. The monoisotopic (exact) mass is 334 g/mol. The number of ether oxygens (including phenoxy) is 2. The van der Waals surface area contributed by atoms with Crippen LogP contribution in [0, 0.1) is 5.92 Å². The van der Waals surface area contributed by atoms with Crippen LogP contribution in [0.1, 0.15) is 20.3 Å². The second-order valence-corrected chi connectivity index (χ2v) is 6.80. The lowest BCUT2D eigenvalue weighted by Crippen LogP contribution is -2.50. The van der Waals surface area contributed by atoms with Gasteiger partial charge in [-0.2, -0.15) is 0 Å². The minimum absolute atomic E-state index is 0.115. The zero-order valence-electron chi connectivity index (χ0n) is 14.4. The van der Waals surface area contributed by atoms with Gasteiger partial charge in [-0.05, 0) is 26.8 Å². The first-order valence-electron chi connectivity index (χ1n) is 8.64. The van der Waals surface area contributed by atoms with E-state index >= 15 is 0 Å². The molecular formula is C17H26N4O3. The summed E-state index contributed by atoms with van der Waals surface area (Å²) in [6.45, 7) is 8.36. The smallest absolute Gasteiger partial charge is 0.236 e. The van der Waals surface area contributed by atoms with Crippen LogP contribution in [0.5, 0.6) is 5.88 Å². The third-order valence-electron chi connectivity index (χ3n) is 4.51. The largest absolute Gasteiger partial charge is 0.476 e. The molecule has 0 N–H and O–H groups in total. The van der Waals surface area contributed by atoms with Crippen molar-refractivity contribution in [3.63, 3.8) is 0 Å². The van der Waals surface area contributed by atoms with Crippen molar-refractivity contribution in [1.82, 2.24) is 19.8 Å². The van der Waals surface area contributed by atoms with Crippen molar-refractivity contribution in [2.45, 2.75) is 32.5 Å². The third-order valence-corrected chi connectivity index (χ3v) is 4.51. The van der Waals surface area contributed by atoms with E-state index in [0.717, 1.165) is 19.5 Å². The van der Waals surface area contributed by atoms with E-state index in [-0.39, 0.29) is 18.1 Å². The minimum Gasteiger partial charge on any atom is -0.476 e. The lowest BCUT2D eigenvalue weighted by Gasteiger charge is -2.36. The Balaban J connectivity index is 1.41. The Hall–Kier alpha value is -1.73. The molecule has 2 fully saturated rings. The van der Waals surface area contributed by atoms with E-state index in [1.54, 1.807) is 18.6 Å². The molecule has 1 aromatic heterocycles. The summed E-state index contributed by atoms with van der Waals surface area (Å²) < 4.78 is 11.4. The van der Waals surface area contributed by atoms with Crippen molar-refractivity contribution in [2.75, 3.05) is 39.3 Å². The number of likely N-dealkylation sites (tertiary alicyclic amines) is 1. The highest BCUT2D eigenvalue weighted by Gasteiger charge is 2.29. The molecule has 0 radical (unpaired) electrons. The molecule has 2 aliphatic heterocycles. The van der Waals surface area contributed by atoms with Crippen molar-refractivity contribution >= 4 is 5.91 Å². The van der Waals surface area contributed by atoms with Gasteiger partial charge >= 0.3 is 0 Å². The van der Waals surface area contributed by atoms with Crippen LogP contribution >= 0.6 is 0 Å². The van der Waals surface area contributed by atoms with Crippen LogP contribution in [0.3, 0.4) is 0 Å². The van der Waals surface area contributed by atoms with E-state index in [2.05, 4.69) is 14.9 Å². The molecule has 1 amide bonds. The Morgan fingerprint density at radius 1 is 1.29 bits per heavy atom. The molecule has 0 saturated carbocycles. The highest BCUT2D eigenvalue weighted by Crippen LogP contribution is 2.18. The van der Waals surface area contributed by atoms with Crippen molar-refractivity contribution in [2.24, 2.45) is 5.92 Å². The molecule has 2 saturated heterocycles. The summed E-state index contributed by atoms with van der Waals surface area (Å²) in [4.78, 5) is 24.8. The number of carbonyl (C=O) groups is 1. The van der Waals surface area contributed by atoms with Crippen molar-refractivity contribution in [3.05, 3.63) is 18.6 Å². The molecule has 0 aromatic carbocycles. The van der Waals surface area contributed by atoms with Gasteiger partial charge in [-0.3, -0.25) is 14.7 Å². The highest BCUT2D eigenvalue weighted by atomic mass is 16.5. The van der Waals surface area contributed by atoms with Gasteiger partial charge < -0.3 is 14.4 Å². The highest BCUT2D eigenvalue weighted by molar-refractivity contribution is 5.78.